The summed E-state index contributed by atoms with van der Waals surface area (Å²) in [6, 6.07) is 4.03. The van der Waals surface area contributed by atoms with Gasteiger partial charge in [-0.2, -0.15) is 13.2 Å². The van der Waals surface area contributed by atoms with Crippen molar-refractivity contribution >= 4 is 17.7 Å². The van der Waals surface area contributed by atoms with E-state index in [4.69, 9.17) is 4.74 Å². The van der Waals surface area contributed by atoms with Gasteiger partial charge in [0.05, 0.1) is 11.7 Å². The van der Waals surface area contributed by atoms with Crippen LogP contribution in [0.4, 0.5) is 18.9 Å². The average molecular weight is 633 g/mol. The number of anilines is 1. The summed E-state index contributed by atoms with van der Waals surface area (Å²) in [5.74, 6) is 6.29. The lowest BCUT2D eigenvalue weighted by Crippen LogP contribution is -2.44. The van der Waals surface area contributed by atoms with Gasteiger partial charge in [0.1, 0.15) is 0 Å². The number of nitrogens with one attached hydrogen (secondary N) is 2. The molecule has 46 heavy (non-hydrogen) atoms. The highest BCUT2D eigenvalue weighted by Crippen LogP contribution is 2.43. The van der Waals surface area contributed by atoms with Crippen molar-refractivity contribution in [3.63, 3.8) is 0 Å². The van der Waals surface area contributed by atoms with Crippen LogP contribution in [-0.4, -0.2) is 67.1 Å². The van der Waals surface area contributed by atoms with Crippen molar-refractivity contribution in [1.29, 1.82) is 0 Å². The Balaban J connectivity index is 1.18. The molecule has 2 N–H and O–H groups in total. The third-order valence-electron chi connectivity index (χ3n) is 9.50. The first-order chi connectivity index (χ1) is 22.0. The van der Waals surface area contributed by atoms with Crippen molar-refractivity contribution in [3.05, 3.63) is 91.4 Å². The minimum Gasteiger partial charge on any atom is -0.377 e. The molecule has 1 amide bonds. The summed E-state index contributed by atoms with van der Waals surface area (Å²) in [7, 11) is 3.67. The zero-order valence-electron chi connectivity index (χ0n) is 26.4. The maximum absolute atomic E-state index is 14.1. The molecule has 2 unspecified atom stereocenters. The highest BCUT2D eigenvalue weighted by Gasteiger charge is 2.36. The molecular formula is C36H39F3N4O3. The maximum Gasteiger partial charge on any atom is 0.416 e. The van der Waals surface area contributed by atoms with Crippen LogP contribution in [0.2, 0.25) is 0 Å². The molecule has 1 aliphatic heterocycles. The number of halogens is 3. The molecule has 3 aliphatic carbocycles. The summed E-state index contributed by atoms with van der Waals surface area (Å²) >= 11 is 0. The molecule has 2 fully saturated rings. The standard InChI is InChI=1S/C36H39F3N4O3/c1-22-4-5-25(34(44)41-28-11-10-27(32(17-28)36(37,38)39)21-43-14-12-42(2)13-15-43)16-24(22)8-9-26-20-40-35(45)31-19-33(46-3)30(18-29(26)31)23-6-7-23/h4-5,10-11,17-18,20,23-24,33H,6-7,12-16,19,21H2,1-3H3,(H,40,45)(H,41,44). The Labute approximate surface area is 267 Å². The summed E-state index contributed by atoms with van der Waals surface area (Å²) in [5.41, 5.74) is 4.23. The number of amides is 1. The molecule has 1 saturated heterocycles. The molecule has 1 saturated carbocycles. The molecule has 2 atom stereocenters. The van der Waals surface area contributed by atoms with Crippen LogP contribution in [0.1, 0.15) is 54.0 Å². The number of fused-ring (bicyclic) bond motifs is 1. The summed E-state index contributed by atoms with van der Waals surface area (Å²) in [4.78, 5) is 32.9. The van der Waals surface area contributed by atoms with Crippen LogP contribution in [0.25, 0.3) is 6.08 Å². The lowest BCUT2D eigenvalue weighted by atomic mass is 9.85. The van der Waals surface area contributed by atoms with Gasteiger partial charge in [-0.15, -0.1) is 0 Å². The molecular weight excluding hydrogens is 593 g/mol. The SMILES string of the molecule is COC1Cc2c(c(C#CC3CC(C(=O)Nc4ccc(CN5CCN(C)CC5)c(C(F)(F)F)c4)=CC=C3C)c[nH]c2=O)C=C1C1CC1. The van der Waals surface area contributed by atoms with Crippen LogP contribution < -0.4 is 10.9 Å². The topological polar surface area (TPSA) is 77.7 Å². The predicted molar refractivity (Wildman–Crippen MR) is 172 cm³/mol. The van der Waals surface area contributed by atoms with E-state index in [-0.39, 0.29) is 35.4 Å². The van der Waals surface area contributed by atoms with E-state index in [9.17, 15) is 22.8 Å². The molecule has 4 aliphatic rings. The zero-order valence-corrected chi connectivity index (χ0v) is 26.4. The molecule has 2 aromatic rings. The third-order valence-corrected chi connectivity index (χ3v) is 9.50. The molecule has 1 aromatic carbocycles. The van der Waals surface area contributed by atoms with Gasteiger partial charge in [-0.1, -0.05) is 41.7 Å². The molecule has 6 rings (SSSR count). The third kappa shape index (κ3) is 7.07. The van der Waals surface area contributed by atoms with Crippen molar-refractivity contribution in [3.8, 4) is 11.8 Å². The van der Waals surface area contributed by atoms with Crippen LogP contribution in [0.3, 0.4) is 0 Å². The molecule has 0 bridgehead atoms. The van der Waals surface area contributed by atoms with E-state index >= 15 is 0 Å². The van der Waals surface area contributed by atoms with Crippen LogP contribution in [0.5, 0.6) is 0 Å². The van der Waals surface area contributed by atoms with E-state index in [1.54, 1.807) is 19.4 Å². The van der Waals surface area contributed by atoms with E-state index in [0.717, 1.165) is 43.1 Å². The number of alkyl halides is 3. The predicted octanol–water partition coefficient (Wildman–Crippen LogP) is 5.39. The summed E-state index contributed by atoms with van der Waals surface area (Å²) in [6.07, 6.45) is 5.63. The number of piperazine rings is 1. The number of H-pyrrole nitrogens is 1. The van der Waals surface area contributed by atoms with Gasteiger partial charge in [0.15, 0.2) is 0 Å². The summed E-state index contributed by atoms with van der Waals surface area (Å²) in [6.45, 7) is 5.17. The fourth-order valence-corrected chi connectivity index (χ4v) is 6.45. The fraction of sp³-hybridized carbons (Fsp3) is 0.444. The lowest BCUT2D eigenvalue weighted by Gasteiger charge is -2.33. The number of carbonyl (C=O) groups excluding carboxylic acids is 1. The van der Waals surface area contributed by atoms with Gasteiger partial charge in [-0.3, -0.25) is 14.5 Å². The first-order valence-corrected chi connectivity index (χ1v) is 15.8. The first kappa shape index (κ1) is 32.0. The molecule has 1 aromatic heterocycles. The average Bonchev–Trinajstić information content (AvgIpc) is 3.88. The Kier molecular flexibility index (Phi) is 9.10. The molecule has 10 heteroatoms. The fourth-order valence-electron chi connectivity index (χ4n) is 6.45. The van der Waals surface area contributed by atoms with E-state index in [0.29, 0.717) is 48.5 Å². The minimum absolute atomic E-state index is 0.0988. The summed E-state index contributed by atoms with van der Waals surface area (Å²) in [5, 5.41) is 2.68. The van der Waals surface area contributed by atoms with E-state index < -0.39 is 17.6 Å². The molecule has 242 valence electrons. The largest absolute Gasteiger partial charge is 0.416 e. The number of rotatable bonds is 6. The maximum atomic E-state index is 14.1. The minimum atomic E-state index is -4.55. The normalized spacial score (nSPS) is 22.2. The van der Waals surface area contributed by atoms with Crippen LogP contribution in [0.15, 0.2) is 58.1 Å². The van der Waals surface area contributed by atoms with E-state index in [1.807, 2.05) is 24.9 Å². The van der Waals surface area contributed by atoms with Crippen LogP contribution >= 0.6 is 0 Å². The number of likely N-dealkylation sites (N-methyl/N-ethyl adjacent to an activating group) is 1. The highest BCUT2D eigenvalue weighted by molar-refractivity contribution is 6.04. The first-order valence-electron chi connectivity index (χ1n) is 15.8. The number of methoxy groups -OCH3 is 1. The number of carbonyl (C=O) groups is 1. The molecule has 7 nitrogen and oxygen atoms in total. The number of ether oxygens (including phenoxy) is 1. The quantitative estimate of drug-likeness (QED) is 0.418. The zero-order chi connectivity index (χ0) is 32.6. The number of aromatic amines is 1. The van der Waals surface area contributed by atoms with Gasteiger partial charge >= 0.3 is 6.18 Å². The Morgan fingerprint density at radius 3 is 2.59 bits per heavy atom. The lowest BCUT2D eigenvalue weighted by molar-refractivity contribution is -0.138. The van der Waals surface area contributed by atoms with Gasteiger partial charge < -0.3 is 19.9 Å². The molecule has 2 heterocycles. The Morgan fingerprint density at radius 1 is 1.13 bits per heavy atom. The Bertz CT molecular complexity index is 1730. The van der Waals surface area contributed by atoms with Crippen molar-refractivity contribution in [2.75, 3.05) is 45.7 Å². The number of hydrogen-bond acceptors (Lipinski definition) is 5. The monoisotopic (exact) mass is 632 g/mol. The van der Waals surface area contributed by atoms with Crippen molar-refractivity contribution in [2.45, 2.75) is 51.4 Å². The second kappa shape index (κ2) is 13.1. The second-order valence-electron chi connectivity index (χ2n) is 12.8. The number of pyridine rings is 1. The Morgan fingerprint density at radius 2 is 1.89 bits per heavy atom. The van der Waals surface area contributed by atoms with Gasteiger partial charge in [0.25, 0.3) is 11.5 Å². The van der Waals surface area contributed by atoms with Crippen LogP contribution in [-0.2, 0) is 28.7 Å². The number of benzene rings is 1. The number of aromatic nitrogens is 1. The van der Waals surface area contributed by atoms with Gasteiger partial charge in [-0.25, -0.2) is 0 Å². The summed E-state index contributed by atoms with van der Waals surface area (Å²) < 4.78 is 47.9. The van der Waals surface area contributed by atoms with E-state index in [2.05, 4.69) is 33.1 Å². The highest BCUT2D eigenvalue weighted by atomic mass is 19.4. The van der Waals surface area contributed by atoms with Crippen molar-refractivity contribution in [1.82, 2.24) is 14.8 Å². The molecule has 0 spiro atoms. The number of nitrogens with zero attached hydrogens (tertiary/aromatic N) is 2. The van der Waals surface area contributed by atoms with Crippen LogP contribution in [0, 0.1) is 23.7 Å². The van der Waals surface area contributed by atoms with Gasteiger partial charge in [0.2, 0.25) is 0 Å². The Hall–Kier alpha value is -3.91. The smallest absolute Gasteiger partial charge is 0.377 e. The van der Waals surface area contributed by atoms with E-state index in [1.165, 1.54) is 17.7 Å². The van der Waals surface area contributed by atoms with Gasteiger partial charge in [-0.05, 0) is 62.4 Å². The molecule has 0 radical (unpaired) electrons. The second-order valence-corrected chi connectivity index (χ2v) is 12.8. The van der Waals surface area contributed by atoms with Crippen molar-refractivity contribution < 1.29 is 22.7 Å². The number of hydrogen-bond donors (Lipinski definition) is 2. The number of allylic oxidation sites excluding steroid dienone is 3. The van der Waals surface area contributed by atoms with Gasteiger partial charge in [0, 0.05) is 86.3 Å². The van der Waals surface area contributed by atoms with Crippen molar-refractivity contribution in [2.24, 2.45) is 11.8 Å².